The first kappa shape index (κ1) is 20.4. The Morgan fingerprint density at radius 3 is 2.47 bits per heavy atom. The summed E-state index contributed by atoms with van der Waals surface area (Å²) in [5, 5.41) is 5.62. The van der Waals surface area contributed by atoms with E-state index in [1.165, 1.54) is 22.3 Å². The van der Waals surface area contributed by atoms with Gasteiger partial charge in [0.15, 0.2) is 0 Å². The lowest BCUT2D eigenvalue weighted by molar-refractivity contribution is 0.525. The van der Waals surface area contributed by atoms with Gasteiger partial charge in [0, 0.05) is 6.42 Å². The van der Waals surface area contributed by atoms with Crippen LogP contribution in [0.1, 0.15) is 47.8 Å². The Morgan fingerprint density at radius 2 is 1.75 bits per heavy atom. The van der Waals surface area contributed by atoms with Gasteiger partial charge in [0.25, 0.3) is 5.56 Å². The van der Waals surface area contributed by atoms with E-state index in [0.29, 0.717) is 17.6 Å². The number of aromatic nitrogens is 2. The highest BCUT2D eigenvalue weighted by atomic mass is 16.1. The zero-order valence-corrected chi connectivity index (χ0v) is 18.8. The smallest absolute Gasteiger partial charge is 0.267 e. The van der Waals surface area contributed by atoms with Crippen LogP contribution in [0.4, 0.5) is 0 Å². The second kappa shape index (κ2) is 7.86. The number of nitrogens with zero attached hydrogens (tertiary/aromatic N) is 3. The maximum atomic E-state index is 13.4. The Bertz CT molecular complexity index is 1400. The lowest BCUT2D eigenvalue weighted by Crippen LogP contribution is -2.47. The summed E-state index contributed by atoms with van der Waals surface area (Å²) in [4.78, 5) is 18.2. The molecule has 0 saturated heterocycles. The van der Waals surface area contributed by atoms with E-state index in [9.17, 15) is 4.79 Å². The Hall–Kier alpha value is -3.53. The Morgan fingerprint density at radius 1 is 1.00 bits per heavy atom. The quantitative estimate of drug-likeness (QED) is 0.433. The van der Waals surface area contributed by atoms with E-state index in [1.807, 2.05) is 37.3 Å². The first-order valence-electron chi connectivity index (χ1n) is 11.3. The Balaban J connectivity index is 1.77. The fourth-order valence-electron chi connectivity index (χ4n) is 4.92. The standard InChI is InChI=1S/C28H27N3O/c1-4-26-29-24-13-9-8-12-22(24)27(32)31(26)30-25-16-17-28(25,21-10-6-5-7-11-21)23-18-19(2)14-15-20(23)3/h5-15,18H,4,16-17H2,1-3H3/b30-25+. The first-order valence-corrected chi connectivity index (χ1v) is 11.3. The molecular weight excluding hydrogens is 394 g/mol. The third-order valence-corrected chi connectivity index (χ3v) is 6.71. The molecule has 1 saturated carbocycles. The van der Waals surface area contributed by atoms with E-state index in [-0.39, 0.29) is 11.0 Å². The van der Waals surface area contributed by atoms with E-state index < -0.39 is 0 Å². The van der Waals surface area contributed by atoms with Gasteiger partial charge >= 0.3 is 0 Å². The van der Waals surface area contributed by atoms with Crippen molar-refractivity contribution in [1.29, 1.82) is 0 Å². The summed E-state index contributed by atoms with van der Waals surface area (Å²) in [6, 6.07) is 24.7. The topological polar surface area (TPSA) is 47.2 Å². The summed E-state index contributed by atoms with van der Waals surface area (Å²) in [5.74, 6) is 0.691. The molecule has 1 aromatic heterocycles. The minimum atomic E-state index is -0.326. The van der Waals surface area contributed by atoms with Crippen LogP contribution < -0.4 is 5.56 Å². The van der Waals surface area contributed by atoms with Crippen molar-refractivity contribution in [1.82, 2.24) is 9.66 Å². The van der Waals surface area contributed by atoms with Crippen molar-refractivity contribution in [2.24, 2.45) is 5.10 Å². The molecule has 1 atom stereocenters. The highest BCUT2D eigenvalue weighted by molar-refractivity contribution is 6.04. The minimum Gasteiger partial charge on any atom is -0.267 e. The molecule has 1 heterocycles. The summed E-state index contributed by atoms with van der Waals surface area (Å²) in [6.45, 7) is 6.31. The van der Waals surface area contributed by atoms with Gasteiger partial charge < -0.3 is 0 Å². The summed E-state index contributed by atoms with van der Waals surface area (Å²) < 4.78 is 1.54. The van der Waals surface area contributed by atoms with Crippen LogP contribution in [0.25, 0.3) is 10.9 Å². The van der Waals surface area contributed by atoms with Crippen LogP contribution in [0.2, 0.25) is 0 Å². The van der Waals surface area contributed by atoms with Crippen molar-refractivity contribution >= 4 is 16.6 Å². The van der Waals surface area contributed by atoms with Gasteiger partial charge in [-0.1, -0.05) is 73.2 Å². The average molecular weight is 422 g/mol. The second-order valence-corrected chi connectivity index (χ2v) is 8.65. The van der Waals surface area contributed by atoms with Gasteiger partial charge in [0.05, 0.1) is 22.0 Å². The van der Waals surface area contributed by atoms with Gasteiger partial charge in [0.2, 0.25) is 0 Å². The van der Waals surface area contributed by atoms with E-state index in [0.717, 1.165) is 24.1 Å². The SMILES string of the molecule is CCc1nc2ccccc2c(=O)n1/N=C1\CCC1(c1ccccc1)c1cc(C)ccc1C. The van der Waals surface area contributed by atoms with Crippen molar-refractivity contribution in [3.8, 4) is 0 Å². The normalized spacial score (nSPS) is 19.3. The predicted molar refractivity (Wildman–Crippen MR) is 131 cm³/mol. The van der Waals surface area contributed by atoms with Crippen molar-refractivity contribution in [3.63, 3.8) is 0 Å². The van der Waals surface area contributed by atoms with Gasteiger partial charge in [-0.15, -0.1) is 0 Å². The molecule has 3 aromatic carbocycles. The molecule has 4 nitrogen and oxygen atoms in total. The van der Waals surface area contributed by atoms with E-state index in [4.69, 9.17) is 10.1 Å². The summed E-state index contributed by atoms with van der Waals surface area (Å²) in [7, 11) is 0. The van der Waals surface area contributed by atoms with Crippen LogP contribution in [0, 0.1) is 13.8 Å². The molecule has 0 amide bonds. The van der Waals surface area contributed by atoms with Crippen molar-refractivity contribution in [2.45, 2.75) is 45.4 Å². The molecular formula is C28H27N3O. The van der Waals surface area contributed by atoms with Gasteiger partial charge in [-0.25, -0.2) is 4.98 Å². The van der Waals surface area contributed by atoms with Gasteiger partial charge in [0.1, 0.15) is 5.82 Å². The summed E-state index contributed by atoms with van der Waals surface area (Å²) >= 11 is 0. The molecule has 1 fully saturated rings. The van der Waals surface area contributed by atoms with Crippen LogP contribution in [-0.2, 0) is 11.8 Å². The van der Waals surface area contributed by atoms with E-state index in [2.05, 4.69) is 56.3 Å². The molecule has 1 aliphatic rings. The highest BCUT2D eigenvalue weighted by Gasteiger charge is 2.48. The first-order chi connectivity index (χ1) is 15.5. The molecule has 5 rings (SSSR count). The number of hydrogen-bond donors (Lipinski definition) is 0. The van der Waals surface area contributed by atoms with Crippen molar-refractivity contribution in [3.05, 3.63) is 111 Å². The van der Waals surface area contributed by atoms with Crippen LogP contribution in [0.3, 0.4) is 0 Å². The molecule has 1 aliphatic carbocycles. The molecule has 0 spiro atoms. The lowest BCUT2D eigenvalue weighted by atomic mass is 9.58. The number of para-hydroxylation sites is 1. The second-order valence-electron chi connectivity index (χ2n) is 8.65. The van der Waals surface area contributed by atoms with Crippen LogP contribution >= 0.6 is 0 Å². The number of fused-ring (bicyclic) bond motifs is 1. The van der Waals surface area contributed by atoms with E-state index in [1.54, 1.807) is 4.68 Å². The molecule has 160 valence electrons. The van der Waals surface area contributed by atoms with Gasteiger partial charge in [-0.05, 0) is 55.5 Å². The highest BCUT2D eigenvalue weighted by Crippen LogP contribution is 2.48. The fraction of sp³-hybridized carbons (Fsp3) is 0.250. The molecule has 0 N–H and O–H groups in total. The summed E-state index contributed by atoms with van der Waals surface area (Å²) in [6.07, 6.45) is 2.46. The molecule has 0 bridgehead atoms. The van der Waals surface area contributed by atoms with E-state index >= 15 is 0 Å². The number of benzene rings is 3. The number of rotatable bonds is 4. The van der Waals surface area contributed by atoms with Crippen LogP contribution in [0.5, 0.6) is 0 Å². The van der Waals surface area contributed by atoms with Crippen LogP contribution in [-0.4, -0.2) is 15.4 Å². The molecule has 0 aliphatic heterocycles. The summed E-state index contributed by atoms with van der Waals surface area (Å²) in [5.41, 5.74) is 6.28. The van der Waals surface area contributed by atoms with Crippen molar-refractivity contribution < 1.29 is 0 Å². The molecule has 4 aromatic rings. The average Bonchev–Trinajstić information content (AvgIpc) is 2.81. The minimum absolute atomic E-state index is 0.102. The van der Waals surface area contributed by atoms with Gasteiger partial charge in [-0.3, -0.25) is 4.79 Å². The maximum Gasteiger partial charge on any atom is 0.282 e. The van der Waals surface area contributed by atoms with Gasteiger partial charge in [-0.2, -0.15) is 9.78 Å². The number of aryl methyl sites for hydroxylation is 3. The van der Waals surface area contributed by atoms with Crippen LogP contribution in [0.15, 0.2) is 82.7 Å². The maximum absolute atomic E-state index is 13.4. The third kappa shape index (κ3) is 3.10. The predicted octanol–water partition coefficient (Wildman–Crippen LogP) is 5.56. The molecule has 1 unspecified atom stereocenters. The zero-order valence-electron chi connectivity index (χ0n) is 18.8. The zero-order chi connectivity index (χ0) is 22.3. The molecule has 4 heteroatoms. The lowest BCUT2D eigenvalue weighted by Gasteiger charge is -2.45. The Labute approximate surface area is 188 Å². The fourth-order valence-corrected chi connectivity index (χ4v) is 4.92. The van der Waals surface area contributed by atoms with Crippen molar-refractivity contribution in [2.75, 3.05) is 0 Å². The largest absolute Gasteiger partial charge is 0.282 e. The molecule has 32 heavy (non-hydrogen) atoms. The molecule has 0 radical (unpaired) electrons. The Kier molecular flexibility index (Phi) is 5.01. The monoisotopic (exact) mass is 421 g/mol. The third-order valence-electron chi connectivity index (χ3n) is 6.71. The number of hydrogen-bond acceptors (Lipinski definition) is 3.